The number of ether oxygens (including phenoxy) is 1. The summed E-state index contributed by atoms with van der Waals surface area (Å²) in [6.45, 7) is 5.98. The van der Waals surface area contributed by atoms with Crippen LogP contribution in [-0.4, -0.2) is 43.3 Å². The summed E-state index contributed by atoms with van der Waals surface area (Å²) in [7, 11) is 0. The van der Waals surface area contributed by atoms with E-state index in [0.29, 0.717) is 23.3 Å². The van der Waals surface area contributed by atoms with Crippen molar-refractivity contribution in [2.45, 2.75) is 18.8 Å². The number of piperidine rings is 1. The number of amides is 1. The predicted molar refractivity (Wildman–Crippen MR) is 119 cm³/mol. The van der Waals surface area contributed by atoms with Crippen molar-refractivity contribution in [1.29, 1.82) is 0 Å². The molecule has 0 radical (unpaired) electrons. The molecule has 1 amide bonds. The fraction of sp³-hybridized carbons (Fsp3) is 0.435. The Kier molecular flexibility index (Phi) is 5.74. The van der Waals surface area contributed by atoms with Crippen LogP contribution >= 0.6 is 11.9 Å². The minimum absolute atomic E-state index is 0.325. The van der Waals surface area contributed by atoms with Gasteiger partial charge < -0.3 is 15.2 Å². The minimum atomic E-state index is -0.450. The number of nitrogens with one attached hydrogen (secondary N) is 1. The fourth-order valence-corrected chi connectivity index (χ4v) is 5.59. The van der Waals surface area contributed by atoms with E-state index in [9.17, 15) is 4.79 Å². The van der Waals surface area contributed by atoms with Crippen molar-refractivity contribution in [2.24, 2.45) is 17.6 Å². The molecule has 6 heteroatoms. The lowest BCUT2D eigenvalue weighted by Crippen LogP contribution is -2.33. The van der Waals surface area contributed by atoms with Gasteiger partial charge in [0.25, 0.3) is 5.91 Å². The van der Waals surface area contributed by atoms with E-state index in [-0.39, 0.29) is 0 Å². The first-order valence-corrected chi connectivity index (χ1v) is 11.5. The third-order valence-electron chi connectivity index (χ3n) is 6.63. The van der Waals surface area contributed by atoms with Gasteiger partial charge in [-0.1, -0.05) is 43.1 Å². The summed E-state index contributed by atoms with van der Waals surface area (Å²) < 4.78 is 9.22. The number of primary amides is 1. The maximum atomic E-state index is 11.5. The van der Waals surface area contributed by atoms with Gasteiger partial charge in [0.05, 0.1) is 5.56 Å². The molecule has 154 valence electrons. The first kappa shape index (κ1) is 20.1. The topological polar surface area (TPSA) is 67.6 Å². The number of nitrogens with two attached hydrogens (primary N) is 1. The molecular weight excluding hydrogens is 382 g/mol. The predicted octanol–water partition coefficient (Wildman–Crippen LogP) is 3.76. The van der Waals surface area contributed by atoms with Crippen LogP contribution in [-0.2, 0) is 5.41 Å². The van der Waals surface area contributed by atoms with Crippen molar-refractivity contribution in [3.05, 3.63) is 59.7 Å². The molecule has 1 saturated heterocycles. The lowest BCUT2D eigenvalue weighted by Gasteiger charge is -2.27. The summed E-state index contributed by atoms with van der Waals surface area (Å²) in [6.07, 6.45) is 3.23. The highest BCUT2D eigenvalue weighted by Gasteiger charge is 2.67. The number of hydrogen-bond acceptors (Lipinski definition) is 5. The van der Waals surface area contributed by atoms with Crippen LogP contribution in [0.4, 0.5) is 5.69 Å². The Labute approximate surface area is 177 Å². The van der Waals surface area contributed by atoms with Gasteiger partial charge in [0.1, 0.15) is 12.4 Å². The molecule has 0 aromatic heterocycles. The molecule has 1 heterocycles. The Morgan fingerprint density at radius 3 is 2.69 bits per heavy atom. The maximum Gasteiger partial charge on any atom is 0.252 e. The van der Waals surface area contributed by atoms with Gasteiger partial charge in [0.15, 0.2) is 0 Å². The van der Waals surface area contributed by atoms with Crippen molar-refractivity contribution < 1.29 is 9.53 Å². The molecule has 0 bridgehead atoms. The van der Waals surface area contributed by atoms with E-state index in [1.54, 1.807) is 30.1 Å². The molecule has 2 aliphatic rings. The van der Waals surface area contributed by atoms with Crippen LogP contribution in [0.3, 0.4) is 0 Å². The minimum Gasteiger partial charge on any atom is -0.491 e. The summed E-state index contributed by atoms with van der Waals surface area (Å²) >= 11 is 1.63. The van der Waals surface area contributed by atoms with Crippen LogP contribution in [0, 0.1) is 11.8 Å². The second-order valence-corrected chi connectivity index (χ2v) is 8.57. The van der Waals surface area contributed by atoms with Crippen LogP contribution in [0.2, 0.25) is 0 Å². The van der Waals surface area contributed by atoms with E-state index in [1.807, 2.05) is 6.07 Å². The number of carbonyl (C=O) groups is 1. The van der Waals surface area contributed by atoms with E-state index in [1.165, 1.54) is 17.7 Å². The van der Waals surface area contributed by atoms with E-state index in [0.717, 1.165) is 31.5 Å². The van der Waals surface area contributed by atoms with Crippen molar-refractivity contribution in [3.8, 4) is 5.75 Å². The van der Waals surface area contributed by atoms with Crippen molar-refractivity contribution in [2.75, 3.05) is 37.2 Å². The van der Waals surface area contributed by atoms with Gasteiger partial charge in [-0.3, -0.25) is 9.69 Å². The Bertz CT molecular complexity index is 876. The summed E-state index contributed by atoms with van der Waals surface area (Å²) in [5.74, 6) is 1.56. The Morgan fingerprint density at radius 2 is 2.00 bits per heavy atom. The van der Waals surface area contributed by atoms with E-state index in [2.05, 4.69) is 47.1 Å². The Hall–Kier alpha value is -2.18. The van der Waals surface area contributed by atoms with Gasteiger partial charge in [-0.25, -0.2) is 0 Å². The molecule has 1 aliphatic heterocycles. The van der Waals surface area contributed by atoms with Crippen molar-refractivity contribution in [3.63, 3.8) is 0 Å². The number of anilines is 1. The number of fused-ring (bicyclic) bond motifs is 1. The molecule has 1 aliphatic carbocycles. The Morgan fingerprint density at radius 1 is 1.24 bits per heavy atom. The third kappa shape index (κ3) is 3.71. The highest BCUT2D eigenvalue weighted by Crippen LogP contribution is 2.65. The van der Waals surface area contributed by atoms with Gasteiger partial charge in [0.2, 0.25) is 0 Å². The van der Waals surface area contributed by atoms with Crippen LogP contribution in [0.15, 0.2) is 48.5 Å². The summed E-state index contributed by atoms with van der Waals surface area (Å²) in [5, 5.41) is 0. The highest BCUT2D eigenvalue weighted by atomic mass is 32.2. The normalized spacial score (nSPS) is 25.4. The number of para-hydroxylation sites is 1. The lowest BCUT2D eigenvalue weighted by atomic mass is 9.87. The van der Waals surface area contributed by atoms with Crippen LogP contribution in [0.25, 0.3) is 0 Å². The number of rotatable bonds is 9. The number of likely N-dealkylation sites (tertiary alicyclic amines) is 1. The fourth-order valence-electron chi connectivity index (χ4n) is 5.23. The number of hydrogen-bond donors (Lipinski definition) is 2. The smallest absolute Gasteiger partial charge is 0.252 e. The SMILES string of the molecule is CCC1(c2cccc(NSC)c2)C2CN(CCOc3ccccc3C(N)=O)CC21. The third-order valence-corrected chi connectivity index (χ3v) is 7.07. The largest absolute Gasteiger partial charge is 0.491 e. The van der Waals surface area contributed by atoms with Crippen LogP contribution < -0.4 is 15.2 Å². The van der Waals surface area contributed by atoms with Gasteiger partial charge in [0, 0.05) is 37.0 Å². The molecule has 0 spiro atoms. The second kappa shape index (κ2) is 8.28. The first-order valence-electron chi connectivity index (χ1n) is 10.2. The molecule has 2 aromatic rings. The molecule has 2 atom stereocenters. The molecule has 4 rings (SSSR count). The lowest BCUT2D eigenvalue weighted by molar-refractivity contribution is 0.0995. The van der Waals surface area contributed by atoms with Gasteiger partial charge >= 0.3 is 0 Å². The maximum absolute atomic E-state index is 11.5. The van der Waals surface area contributed by atoms with Crippen molar-refractivity contribution >= 4 is 23.5 Å². The van der Waals surface area contributed by atoms with Gasteiger partial charge in [-0.15, -0.1) is 0 Å². The highest BCUT2D eigenvalue weighted by molar-refractivity contribution is 7.99. The number of benzene rings is 2. The molecule has 2 fully saturated rings. The van der Waals surface area contributed by atoms with E-state index < -0.39 is 5.91 Å². The molecule has 2 unspecified atom stereocenters. The molecular formula is C23H29N3O2S. The molecule has 29 heavy (non-hydrogen) atoms. The summed E-state index contributed by atoms with van der Waals surface area (Å²) in [5.41, 5.74) is 8.86. The average Bonchev–Trinajstić information content (AvgIpc) is 3.11. The van der Waals surface area contributed by atoms with E-state index >= 15 is 0 Å². The monoisotopic (exact) mass is 411 g/mol. The quantitative estimate of drug-likeness (QED) is 0.615. The standard InChI is InChI=1S/C23H29N3O2S/c1-3-23(16-7-6-8-17(13-16)25-29-2)19-14-26(15-20(19)23)11-12-28-21-10-5-4-9-18(21)22(24)27/h4-10,13,19-20,25H,3,11-12,14-15H2,1-2H3,(H2,24,27). The van der Waals surface area contributed by atoms with Crippen LogP contribution in [0.1, 0.15) is 29.3 Å². The van der Waals surface area contributed by atoms with Gasteiger partial charge in [-0.2, -0.15) is 0 Å². The second-order valence-electron chi connectivity index (χ2n) is 7.96. The summed E-state index contributed by atoms with van der Waals surface area (Å²) in [4.78, 5) is 14.0. The Balaban J connectivity index is 1.34. The zero-order valence-corrected chi connectivity index (χ0v) is 17.9. The average molecular weight is 412 g/mol. The molecule has 3 N–H and O–H groups in total. The molecule has 5 nitrogen and oxygen atoms in total. The number of carbonyl (C=O) groups excluding carboxylic acids is 1. The summed E-state index contributed by atoms with van der Waals surface area (Å²) in [6, 6.07) is 16.1. The zero-order valence-electron chi connectivity index (χ0n) is 17.1. The van der Waals surface area contributed by atoms with Crippen molar-refractivity contribution in [1.82, 2.24) is 4.90 Å². The molecule has 2 aromatic carbocycles. The van der Waals surface area contributed by atoms with Gasteiger partial charge in [-0.05, 0) is 48.1 Å². The van der Waals surface area contributed by atoms with E-state index in [4.69, 9.17) is 10.5 Å². The van der Waals surface area contributed by atoms with Crippen LogP contribution in [0.5, 0.6) is 5.75 Å². The molecule has 1 saturated carbocycles. The first-order chi connectivity index (χ1) is 14.1. The number of nitrogens with zero attached hydrogens (tertiary/aromatic N) is 1. The zero-order chi connectivity index (χ0) is 20.4.